The molecule has 4 heteroatoms. The Labute approximate surface area is 104 Å². The first-order chi connectivity index (χ1) is 7.24. The number of rotatable bonds is 2. The van der Waals surface area contributed by atoms with Crippen molar-refractivity contribution in [1.29, 1.82) is 0 Å². The van der Waals surface area contributed by atoms with E-state index in [-0.39, 0.29) is 0 Å². The summed E-state index contributed by atoms with van der Waals surface area (Å²) in [5, 5.41) is 0. The Bertz CT molecular complexity index is 342. The average molecular weight is 317 g/mol. The monoisotopic (exact) mass is 317 g/mol. The van der Waals surface area contributed by atoms with Gasteiger partial charge in [-0.1, -0.05) is 6.92 Å². The molecule has 2 atom stereocenters. The third-order valence-corrected chi connectivity index (χ3v) is 3.91. The van der Waals surface area contributed by atoms with E-state index in [4.69, 9.17) is 0 Å². The van der Waals surface area contributed by atoms with Gasteiger partial charge in [0.1, 0.15) is 12.1 Å². The molecule has 2 unspecified atom stereocenters. The van der Waals surface area contributed by atoms with Gasteiger partial charge in [-0.2, -0.15) is 0 Å². The zero-order valence-corrected chi connectivity index (χ0v) is 11.3. The first-order valence-corrected chi connectivity index (χ1v) is 6.55. The van der Waals surface area contributed by atoms with Crippen LogP contribution in [0.3, 0.4) is 0 Å². The molecule has 2 rings (SSSR count). The van der Waals surface area contributed by atoms with Gasteiger partial charge in [0.2, 0.25) is 0 Å². The van der Waals surface area contributed by atoms with Crippen molar-refractivity contribution in [2.75, 3.05) is 4.90 Å². The standard InChI is InChI=1S/C11H16IN3/c1-3-9-5-4-8(2)15(9)11-10(12)6-13-7-14-11/h6-9H,3-5H2,1-2H3. The summed E-state index contributed by atoms with van der Waals surface area (Å²) in [6, 6.07) is 1.27. The molecule has 0 amide bonds. The van der Waals surface area contributed by atoms with Gasteiger partial charge in [0.05, 0.1) is 3.57 Å². The molecule has 1 aliphatic heterocycles. The van der Waals surface area contributed by atoms with Gasteiger partial charge in [-0.25, -0.2) is 9.97 Å². The van der Waals surface area contributed by atoms with Crippen molar-refractivity contribution in [2.45, 2.75) is 45.2 Å². The maximum absolute atomic E-state index is 4.42. The van der Waals surface area contributed by atoms with Crippen LogP contribution >= 0.6 is 22.6 Å². The molecule has 1 fully saturated rings. The van der Waals surface area contributed by atoms with Gasteiger partial charge in [-0.15, -0.1) is 0 Å². The van der Waals surface area contributed by atoms with E-state index in [2.05, 4.69) is 51.3 Å². The molecule has 2 heterocycles. The van der Waals surface area contributed by atoms with Crippen molar-refractivity contribution in [3.8, 4) is 0 Å². The molecule has 1 aromatic rings. The number of anilines is 1. The van der Waals surface area contributed by atoms with Crippen LogP contribution in [-0.4, -0.2) is 22.1 Å². The minimum Gasteiger partial charge on any atom is -0.350 e. The van der Waals surface area contributed by atoms with Gasteiger partial charge in [0.15, 0.2) is 0 Å². The molecule has 15 heavy (non-hydrogen) atoms. The first-order valence-electron chi connectivity index (χ1n) is 5.48. The zero-order chi connectivity index (χ0) is 10.8. The van der Waals surface area contributed by atoms with Crippen molar-refractivity contribution in [3.63, 3.8) is 0 Å². The largest absolute Gasteiger partial charge is 0.350 e. The van der Waals surface area contributed by atoms with Crippen LogP contribution in [0.5, 0.6) is 0 Å². The summed E-state index contributed by atoms with van der Waals surface area (Å²) < 4.78 is 1.15. The molecule has 82 valence electrons. The summed E-state index contributed by atoms with van der Waals surface area (Å²) in [4.78, 5) is 10.9. The Kier molecular flexibility index (Phi) is 3.43. The highest BCUT2D eigenvalue weighted by Gasteiger charge is 2.31. The summed E-state index contributed by atoms with van der Waals surface area (Å²) in [6.07, 6.45) is 7.30. The fraction of sp³-hybridized carbons (Fsp3) is 0.636. The number of halogens is 1. The molecule has 1 saturated heterocycles. The van der Waals surface area contributed by atoms with Crippen molar-refractivity contribution in [2.24, 2.45) is 0 Å². The fourth-order valence-corrected chi connectivity index (χ4v) is 2.93. The molecular weight excluding hydrogens is 301 g/mol. The number of hydrogen-bond donors (Lipinski definition) is 0. The lowest BCUT2D eigenvalue weighted by Crippen LogP contribution is -2.35. The summed E-state index contributed by atoms with van der Waals surface area (Å²) in [5.74, 6) is 1.11. The summed E-state index contributed by atoms with van der Waals surface area (Å²) in [6.45, 7) is 4.54. The molecule has 3 nitrogen and oxygen atoms in total. The van der Waals surface area contributed by atoms with E-state index in [1.807, 2.05) is 6.20 Å². The molecule has 0 aromatic carbocycles. The highest BCUT2D eigenvalue weighted by Crippen LogP contribution is 2.32. The second kappa shape index (κ2) is 4.63. The molecule has 0 N–H and O–H groups in total. The van der Waals surface area contributed by atoms with Gasteiger partial charge in [-0.05, 0) is 48.8 Å². The third-order valence-electron chi connectivity index (χ3n) is 3.15. The SMILES string of the molecule is CCC1CCC(C)N1c1ncncc1I. The van der Waals surface area contributed by atoms with Crippen molar-refractivity contribution in [3.05, 3.63) is 16.1 Å². The van der Waals surface area contributed by atoms with Gasteiger partial charge in [0, 0.05) is 18.3 Å². The topological polar surface area (TPSA) is 29.0 Å². The van der Waals surface area contributed by atoms with Crippen LogP contribution in [0.1, 0.15) is 33.1 Å². The van der Waals surface area contributed by atoms with Crippen molar-refractivity contribution < 1.29 is 0 Å². The highest BCUT2D eigenvalue weighted by atomic mass is 127. The molecule has 1 aliphatic rings. The van der Waals surface area contributed by atoms with E-state index in [0.29, 0.717) is 12.1 Å². The Balaban J connectivity index is 2.32. The van der Waals surface area contributed by atoms with E-state index in [1.165, 1.54) is 19.3 Å². The Morgan fingerprint density at radius 1 is 1.53 bits per heavy atom. The van der Waals surface area contributed by atoms with Crippen LogP contribution in [-0.2, 0) is 0 Å². The van der Waals surface area contributed by atoms with E-state index < -0.39 is 0 Å². The van der Waals surface area contributed by atoms with Crippen LogP contribution in [0.4, 0.5) is 5.82 Å². The quantitative estimate of drug-likeness (QED) is 0.786. The van der Waals surface area contributed by atoms with Gasteiger partial charge >= 0.3 is 0 Å². The lowest BCUT2D eigenvalue weighted by atomic mass is 10.1. The highest BCUT2D eigenvalue weighted by molar-refractivity contribution is 14.1. The van der Waals surface area contributed by atoms with Crippen molar-refractivity contribution >= 4 is 28.4 Å². The zero-order valence-electron chi connectivity index (χ0n) is 9.15. The second-order valence-electron chi connectivity index (χ2n) is 4.09. The first kappa shape index (κ1) is 11.1. The molecule has 0 aliphatic carbocycles. The predicted molar refractivity (Wildman–Crippen MR) is 70.0 cm³/mol. The maximum atomic E-state index is 4.42. The molecule has 1 aromatic heterocycles. The molecular formula is C11H16IN3. The summed E-state index contributed by atoms with van der Waals surface area (Å²) in [7, 11) is 0. The Hall–Kier alpha value is -0.390. The minimum absolute atomic E-state index is 0.610. The molecule has 0 radical (unpaired) electrons. The van der Waals surface area contributed by atoms with Gasteiger partial charge in [0.25, 0.3) is 0 Å². The van der Waals surface area contributed by atoms with Gasteiger partial charge in [-0.3, -0.25) is 0 Å². The maximum Gasteiger partial charge on any atom is 0.145 e. The van der Waals surface area contributed by atoms with Crippen molar-refractivity contribution in [1.82, 2.24) is 9.97 Å². The smallest absolute Gasteiger partial charge is 0.145 e. The molecule has 0 bridgehead atoms. The molecule has 0 saturated carbocycles. The minimum atomic E-state index is 0.610. The van der Waals surface area contributed by atoms with Crippen LogP contribution in [0.2, 0.25) is 0 Å². The normalized spacial score (nSPS) is 25.9. The number of hydrogen-bond acceptors (Lipinski definition) is 3. The van der Waals surface area contributed by atoms with Crippen LogP contribution < -0.4 is 4.90 Å². The Morgan fingerprint density at radius 3 is 3.00 bits per heavy atom. The number of aromatic nitrogens is 2. The summed E-state index contributed by atoms with van der Waals surface area (Å²) in [5.41, 5.74) is 0. The van der Waals surface area contributed by atoms with E-state index in [1.54, 1.807) is 6.33 Å². The number of nitrogens with zero attached hydrogens (tertiary/aromatic N) is 3. The van der Waals surface area contributed by atoms with Crippen LogP contribution in [0.15, 0.2) is 12.5 Å². The van der Waals surface area contributed by atoms with E-state index in [9.17, 15) is 0 Å². The van der Waals surface area contributed by atoms with Crippen LogP contribution in [0, 0.1) is 3.57 Å². The van der Waals surface area contributed by atoms with E-state index in [0.717, 1.165) is 9.39 Å². The fourth-order valence-electron chi connectivity index (χ4n) is 2.35. The van der Waals surface area contributed by atoms with Gasteiger partial charge < -0.3 is 4.90 Å². The molecule has 0 spiro atoms. The Morgan fingerprint density at radius 2 is 2.33 bits per heavy atom. The average Bonchev–Trinajstić information content (AvgIpc) is 2.60. The lowest BCUT2D eigenvalue weighted by molar-refractivity contribution is 0.619. The summed E-state index contributed by atoms with van der Waals surface area (Å²) >= 11 is 2.32. The van der Waals surface area contributed by atoms with Crippen LogP contribution in [0.25, 0.3) is 0 Å². The third kappa shape index (κ3) is 2.09. The second-order valence-corrected chi connectivity index (χ2v) is 5.25. The van der Waals surface area contributed by atoms with E-state index >= 15 is 0 Å². The lowest BCUT2D eigenvalue weighted by Gasteiger charge is -2.29. The predicted octanol–water partition coefficient (Wildman–Crippen LogP) is 2.85.